The number of hydrogen-bond acceptors (Lipinski definition) is 5. The summed E-state index contributed by atoms with van der Waals surface area (Å²) in [5.41, 5.74) is 4.51. The Hall–Kier alpha value is -3.00. The summed E-state index contributed by atoms with van der Waals surface area (Å²) >= 11 is 1.56. The van der Waals surface area contributed by atoms with Gasteiger partial charge in [-0.15, -0.1) is 0 Å². The molecule has 0 fully saturated rings. The number of carboxylic acid groups (broad SMARTS) is 1. The van der Waals surface area contributed by atoms with Crippen LogP contribution in [-0.4, -0.2) is 54.3 Å². The highest BCUT2D eigenvalue weighted by molar-refractivity contribution is 7.98. The number of carbonyl (C=O) groups is 3. The first-order chi connectivity index (χ1) is 15.4. The first-order valence-electron chi connectivity index (χ1n) is 10.5. The van der Waals surface area contributed by atoms with Gasteiger partial charge in [-0.25, -0.2) is 4.79 Å². The number of ether oxygens (including phenoxy) is 1. The maximum Gasteiger partial charge on any atom is 0.407 e. The van der Waals surface area contributed by atoms with E-state index < -0.39 is 29.9 Å². The maximum absolute atomic E-state index is 12.5. The number of carboxylic acids is 1. The Balaban J connectivity index is 1.61. The zero-order chi connectivity index (χ0) is 23.1. The van der Waals surface area contributed by atoms with E-state index in [1.165, 1.54) is 6.92 Å². The molecule has 1 aliphatic carbocycles. The number of alkyl carbamates (subject to hydrolysis) is 1. The van der Waals surface area contributed by atoms with Crippen LogP contribution in [-0.2, 0) is 14.3 Å². The fourth-order valence-electron chi connectivity index (χ4n) is 3.75. The lowest BCUT2D eigenvalue weighted by Gasteiger charge is -2.20. The highest BCUT2D eigenvalue weighted by Crippen LogP contribution is 2.44. The Kier molecular flexibility index (Phi) is 8.16. The normalized spacial score (nSPS) is 14.1. The van der Waals surface area contributed by atoms with Gasteiger partial charge in [0.05, 0.1) is 5.92 Å². The molecule has 3 N–H and O–H groups in total. The average Bonchev–Trinajstić information content (AvgIpc) is 3.12. The molecule has 32 heavy (non-hydrogen) atoms. The van der Waals surface area contributed by atoms with Gasteiger partial charge in [0, 0.05) is 12.5 Å². The van der Waals surface area contributed by atoms with Gasteiger partial charge in [-0.1, -0.05) is 55.5 Å². The quantitative estimate of drug-likeness (QED) is 0.506. The molecule has 2 unspecified atom stereocenters. The molecule has 0 aliphatic heterocycles. The molecule has 170 valence electrons. The third kappa shape index (κ3) is 5.62. The molecule has 2 amide bonds. The van der Waals surface area contributed by atoms with E-state index in [-0.39, 0.29) is 19.1 Å². The number of hydrogen-bond donors (Lipinski definition) is 3. The average molecular weight is 457 g/mol. The first-order valence-corrected chi connectivity index (χ1v) is 11.9. The molecule has 0 bridgehead atoms. The summed E-state index contributed by atoms with van der Waals surface area (Å²) in [4.78, 5) is 36.0. The third-order valence-corrected chi connectivity index (χ3v) is 6.21. The number of fused-ring (bicyclic) bond motifs is 3. The predicted molar refractivity (Wildman–Crippen MR) is 125 cm³/mol. The molecule has 0 spiro atoms. The molecule has 8 heteroatoms. The summed E-state index contributed by atoms with van der Waals surface area (Å²) in [5.74, 6) is -1.52. The molecule has 1 aliphatic rings. The highest BCUT2D eigenvalue weighted by atomic mass is 32.2. The van der Waals surface area contributed by atoms with E-state index in [0.29, 0.717) is 12.2 Å². The van der Waals surface area contributed by atoms with Crippen molar-refractivity contribution in [1.29, 1.82) is 0 Å². The van der Waals surface area contributed by atoms with Gasteiger partial charge in [-0.2, -0.15) is 11.8 Å². The number of carbonyl (C=O) groups excluding carboxylic acids is 2. The van der Waals surface area contributed by atoms with Crippen LogP contribution in [0.4, 0.5) is 4.79 Å². The second-order valence-corrected chi connectivity index (χ2v) is 8.77. The number of aliphatic carboxylic acids is 1. The Labute approximate surface area is 191 Å². The van der Waals surface area contributed by atoms with Crippen LogP contribution in [0.1, 0.15) is 30.4 Å². The van der Waals surface area contributed by atoms with Gasteiger partial charge in [-0.05, 0) is 40.7 Å². The van der Waals surface area contributed by atoms with Crippen LogP contribution >= 0.6 is 11.8 Å². The van der Waals surface area contributed by atoms with Gasteiger partial charge in [-0.3, -0.25) is 9.59 Å². The monoisotopic (exact) mass is 456 g/mol. The zero-order valence-corrected chi connectivity index (χ0v) is 19.0. The van der Waals surface area contributed by atoms with Crippen LogP contribution in [0.25, 0.3) is 11.1 Å². The minimum Gasteiger partial charge on any atom is -0.481 e. The molecule has 0 saturated heterocycles. The van der Waals surface area contributed by atoms with Crippen molar-refractivity contribution in [3.8, 4) is 11.1 Å². The topological polar surface area (TPSA) is 105 Å². The van der Waals surface area contributed by atoms with Crippen molar-refractivity contribution in [2.45, 2.75) is 25.3 Å². The number of rotatable bonds is 10. The molecule has 3 rings (SSSR count). The van der Waals surface area contributed by atoms with Crippen molar-refractivity contribution in [1.82, 2.24) is 10.6 Å². The van der Waals surface area contributed by atoms with Crippen LogP contribution in [0.5, 0.6) is 0 Å². The minimum atomic E-state index is -0.990. The summed E-state index contributed by atoms with van der Waals surface area (Å²) in [6, 6.07) is 15.3. The highest BCUT2D eigenvalue weighted by Gasteiger charge is 2.29. The molecule has 0 heterocycles. The van der Waals surface area contributed by atoms with E-state index in [2.05, 4.69) is 22.8 Å². The predicted octanol–water partition coefficient (Wildman–Crippen LogP) is 3.48. The maximum atomic E-state index is 12.5. The summed E-state index contributed by atoms with van der Waals surface area (Å²) in [6.07, 6.45) is 1.66. The summed E-state index contributed by atoms with van der Waals surface area (Å²) in [6.45, 7) is 1.67. The fourth-order valence-corrected chi connectivity index (χ4v) is 4.22. The van der Waals surface area contributed by atoms with Crippen molar-refractivity contribution in [2.24, 2.45) is 5.92 Å². The summed E-state index contributed by atoms with van der Waals surface area (Å²) in [5, 5.41) is 14.2. The van der Waals surface area contributed by atoms with Crippen molar-refractivity contribution in [2.75, 3.05) is 25.2 Å². The zero-order valence-electron chi connectivity index (χ0n) is 18.2. The Morgan fingerprint density at radius 1 is 1.06 bits per heavy atom. The standard InChI is InChI=1S/C24H28N2O5S/c1-15(23(28)29)13-25-22(27)21(11-12-32-2)26-24(30)31-14-20-18-9-5-3-7-16(18)17-8-4-6-10-19(17)20/h3-10,15,20-21H,11-14H2,1-2H3,(H,25,27)(H,26,30)(H,28,29). The van der Waals surface area contributed by atoms with Crippen LogP contribution in [0.3, 0.4) is 0 Å². The number of nitrogens with one attached hydrogen (secondary N) is 2. The lowest BCUT2D eigenvalue weighted by atomic mass is 9.98. The van der Waals surface area contributed by atoms with E-state index in [0.717, 1.165) is 22.3 Å². The van der Waals surface area contributed by atoms with Crippen molar-refractivity contribution in [3.05, 3.63) is 59.7 Å². The van der Waals surface area contributed by atoms with Gasteiger partial charge in [0.25, 0.3) is 0 Å². The molecule has 0 aromatic heterocycles. The Bertz CT molecular complexity index is 935. The van der Waals surface area contributed by atoms with E-state index >= 15 is 0 Å². The SMILES string of the molecule is CSCCC(NC(=O)OCC1c2ccccc2-c2ccccc21)C(=O)NCC(C)C(=O)O. The number of benzene rings is 2. The lowest BCUT2D eigenvalue weighted by Crippen LogP contribution is -2.48. The third-order valence-electron chi connectivity index (χ3n) is 5.57. The van der Waals surface area contributed by atoms with E-state index in [1.54, 1.807) is 11.8 Å². The van der Waals surface area contributed by atoms with E-state index in [1.807, 2.05) is 42.7 Å². The van der Waals surface area contributed by atoms with Gasteiger partial charge < -0.3 is 20.5 Å². The van der Waals surface area contributed by atoms with Crippen LogP contribution < -0.4 is 10.6 Å². The molecular formula is C24H28N2O5S. The van der Waals surface area contributed by atoms with Gasteiger partial charge in [0.15, 0.2) is 0 Å². The van der Waals surface area contributed by atoms with E-state index in [4.69, 9.17) is 9.84 Å². The van der Waals surface area contributed by atoms with Crippen LogP contribution in [0.15, 0.2) is 48.5 Å². The summed E-state index contributed by atoms with van der Waals surface area (Å²) < 4.78 is 5.53. The molecule has 2 atom stereocenters. The Morgan fingerprint density at radius 3 is 2.22 bits per heavy atom. The number of amides is 2. The largest absolute Gasteiger partial charge is 0.481 e. The van der Waals surface area contributed by atoms with Gasteiger partial charge in [0.2, 0.25) is 5.91 Å². The van der Waals surface area contributed by atoms with Crippen molar-refractivity contribution >= 4 is 29.7 Å². The molecule has 2 aromatic rings. The fraction of sp³-hybridized carbons (Fsp3) is 0.375. The minimum absolute atomic E-state index is 0.00367. The summed E-state index contributed by atoms with van der Waals surface area (Å²) in [7, 11) is 0. The second kappa shape index (κ2) is 11.0. The second-order valence-electron chi connectivity index (χ2n) is 7.79. The van der Waals surface area contributed by atoms with Crippen LogP contribution in [0.2, 0.25) is 0 Å². The van der Waals surface area contributed by atoms with Gasteiger partial charge in [0.1, 0.15) is 12.6 Å². The molecule has 0 radical (unpaired) electrons. The van der Waals surface area contributed by atoms with E-state index in [9.17, 15) is 14.4 Å². The van der Waals surface area contributed by atoms with Crippen molar-refractivity contribution in [3.63, 3.8) is 0 Å². The van der Waals surface area contributed by atoms with Gasteiger partial charge >= 0.3 is 12.1 Å². The lowest BCUT2D eigenvalue weighted by molar-refractivity contribution is -0.141. The number of thioether (sulfide) groups is 1. The smallest absolute Gasteiger partial charge is 0.407 e. The van der Waals surface area contributed by atoms with Crippen molar-refractivity contribution < 1.29 is 24.2 Å². The Morgan fingerprint density at radius 2 is 1.66 bits per heavy atom. The van der Waals surface area contributed by atoms with Crippen LogP contribution in [0, 0.1) is 5.92 Å². The molecule has 7 nitrogen and oxygen atoms in total. The molecule has 2 aromatic carbocycles. The molecule has 0 saturated carbocycles. The first kappa shape index (κ1) is 23.7. The molecular weight excluding hydrogens is 428 g/mol.